The first-order valence-electron chi connectivity index (χ1n) is 8.75. The molecular formula is C20H18F3N3O2S. The quantitative estimate of drug-likeness (QED) is 0.350. The Balaban J connectivity index is 2.00. The highest BCUT2D eigenvalue weighted by Gasteiger charge is 2.36. The molecule has 2 aromatic heterocycles. The third kappa shape index (κ3) is 4.05. The van der Waals surface area contributed by atoms with Gasteiger partial charge in [-0.15, -0.1) is 0 Å². The van der Waals surface area contributed by atoms with Crippen molar-refractivity contribution in [2.24, 2.45) is 0 Å². The molecule has 3 aromatic rings. The number of rotatable bonds is 5. The van der Waals surface area contributed by atoms with Crippen LogP contribution in [-0.4, -0.2) is 31.8 Å². The summed E-state index contributed by atoms with van der Waals surface area (Å²) in [5, 5.41) is -0.212. The number of hydrogen-bond donors (Lipinski definition) is 1. The van der Waals surface area contributed by atoms with E-state index in [0.29, 0.717) is 22.2 Å². The normalized spacial score (nSPS) is 12.9. The molecule has 5 nitrogen and oxygen atoms in total. The molecule has 1 aromatic carbocycles. The van der Waals surface area contributed by atoms with Crippen molar-refractivity contribution in [2.75, 3.05) is 0 Å². The van der Waals surface area contributed by atoms with Crippen molar-refractivity contribution in [1.82, 2.24) is 15.0 Å². The van der Waals surface area contributed by atoms with Crippen LogP contribution in [0.1, 0.15) is 51.8 Å². The van der Waals surface area contributed by atoms with Crippen molar-refractivity contribution in [2.45, 2.75) is 44.1 Å². The number of Topliss-reactive ketones (excluding diaryl/α,β-unsaturated/α-hetero) is 2. The highest BCUT2D eigenvalue weighted by atomic mass is 32.2. The van der Waals surface area contributed by atoms with E-state index in [9.17, 15) is 22.8 Å². The molecule has 152 valence electrons. The molecule has 3 rings (SSSR count). The van der Waals surface area contributed by atoms with Gasteiger partial charge in [0, 0.05) is 16.6 Å². The minimum absolute atomic E-state index is 0.0801. The SMILES string of the molecule is CC(=O)c1c(C)[nH]c(C(=O)[C@H](C)Sc2nc(C(F)(F)F)nc3ccccc23)c1C. The second kappa shape index (κ2) is 7.62. The van der Waals surface area contributed by atoms with Crippen LogP contribution in [-0.2, 0) is 6.18 Å². The van der Waals surface area contributed by atoms with Gasteiger partial charge in [-0.3, -0.25) is 9.59 Å². The number of aryl methyl sites for hydroxylation is 1. The molecule has 0 amide bonds. The maximum atomic E-state index is 13.2. The fraction of sp³-hybridized carbons (Fsp3) is 0.300. The molecule has 0 saturated heterocycles. The van der Waals surface area contributed by atoms with Crippen molar-refractivity contribution < 1.29 is 22.8 Å². The van der Waals surface area contributed by atoms with Gasteiger partial charge in [-0.05, 0) is 39.3 Å². The Kier molecular flexibility index (Phi) is 5.53. The van der Waals surface area contributed by atoms with Gasteiger partial charge >= 0.3 is 6.18 Å². The summed E-state index contributed by atoms with van der Waals surface area (Å²) in [4.78, 5) is 34.9. The summed E-state index contributed by atoms with van der Waals surface area (Å²) in [5.41, 5.74) is 2.01. The van der Waals surface area contributed by atoms with E-state index in [1.165, 1.54) is 13.0 Å². The van der Waals surface area contributed by atoms with E-state index in [1.807, 2.05) is 0 Å². The molecule has 0 aliphatic rings. The number of nitrogens with zero attached hydrogens (tertiary/aromatic N) is 2. The summed E-state index contributed by atoms with van der Waals surface area (Å²) in [6.45, 7) is 6.39. The van der Waals surface area contributed by atoms with Gasteiger partial charge in [0.1, 0.15) is 5.03 Å². The van der Waals surface area contributed by atoms with Gasteiger partial charge in [0.2, 0.25) is 5.82 Å². The predicted octanol–water partition coefficient (Wildman–Crippen LogP) is 5.16. The Morgan fingerprint density at radius 3 is 2.38 bits per heavy atom. The number of thioether (sulfide) groups is 1. The standard InChI is InChI=1S/C20H18F3N3O2S/c1-9-15(11(3)27)10(2)24-16(9)17(28)12(4)29-18-13-7-5-6-8-14(13)25-19(26-18)20(21,22)23/h5-8,12,24H,1-4H3/t12-/m0/s1. The van der Waals surface area contributed by atoms with E-state index >= 15 is 0 Å². The monoisotopic (exact) mass is 421 g/mol. The predicted molar refractivity (Wildman–Crippen MR) is 104 cm³/mol. The molecule has 0 saturated carbocycles. The van der Waals surface area contributed by atoms with Crippen molar-refractivity contribution in [1.29, 1.82) is 0 Å². The summed E-state index contributed by atoms with van der Waals surface area (Å²) in [6.07, 6.45) is -4.70. The maximum absolute atomic E-state index is 13.2. The summed E-state index contributed by atoms with van der Waals surface area (Å²) in [5.74, 6) is -1.73. The number of nitrogens with one attached hydrogen (secondary N) is 1. The number of hydrogen-bond acceptors (Lipinski definition) is 5. The van der Waals surface area contributed by atoms with Crippen molar-refractivity contribution in [3.63, 3.8) is 0 Å². The lowest BCUT2D eigenvalue weighted by Crippen LogP contribution is -2.17. The first-order valence-corrected chi connectivity index (χ1v) is 9.63. The van der Waals surface area contributed by atoms with E-state index in [1.54, 1.807) is 39.0 Å². The molecule has 29 heavy (non-hydrogen) atoms. The molecule has 0 radical (unpaired) electrons. The fourth-order valence-corrected chi connectivity index (χ4v) is 4.21. The second-order valence-electron chi connectivity index (χ2n) is 6.67. The van der Waals surface area contributed by atoms with E-state index in [4.69, 9.17) is 0 Å². The Labute approximate surface area is 169 Å². The van der Waals surface area contributed by atoms with Crippen molar-refractivity contribution in [3.8, 4) is 0 Å². The first-order chi connectivity index (χ1) is 13.5. The number of alkyl halides is 3. The Hall–Kier alpha value is -2.68. The van der Waals surface area contributed by atoms with Crippen molar-refractivity contribution >= 4 is 34.2 Å². The van der Waals surface area contributed by atoms with Crippen LogP contribution >= 0.6 is 11.8 Å². The van der Waals surface area contributed by atoms with Gasteiger partial charge in [0.15, 0.2) is 11.6 Å². The van der Waals surface area contributed by atoms with E-state index in [-0.39, 0.29) is 27.8 Å². The zero-order valence-corrected chi connectivity index (χ0v) is 17.0. The zero-order chi connectivity index (χ0) is 21.5. The average Bonchev–Trinajstić information content (AvgIpc) is 2.94. The number of aromatic amines is 1. The van der Waals surface area contributed by atoms with Gasteiger partial charge in [-0.1, -0.05) is 30.0 Å². The number of ketones is 2. The molecule has 0 aliphatic heterocycles. The Morgan fingerprint density at radius 1 is 1.14 bits per heavy atom. The van der Waals surface area contributed by atoms with Gasteiger partial charge < -0.3 is 4.98 Å². The highest BCUT2D eigenvalue weighted by Crippen LogP contribution is 2.34. The highest BCUT2D eigenvalue weighted by molar-refractivity contribution is 8.00. The number of H-pyrrole nitrogens is 1. The molecule has 0 bridgehead atoms. The van der Waals surface area contributed by atoms with Crippen LogP contribution in [0, 0.1) is 13.8 Å². The average molecular weight is 421 g/mol. The lowest BCUT2D eigenvalue weighted by Gasteiger charge is -2.13. The lowest BCUT2D eigenvalue weighted by molar-refractivity contribution is -0.145. The number of carbonyl (C=O) groups excluding carboxylic acids is 2. The lowest BCUT2D eigenvalue weighted by atomic mass is 10.0. The summed E-state index contributed by atoms with van der Waals surface area (Å²) >= 11 is 0.933. The summed E-state index contributed by atoms with van der Waals surface area (Å²) in [7, 11) is 0. The van der Waals surface area contributed by atoms with Gasteiger partial charge in [-0.25, -0.2) is 9.97 Å². The maximum Gasteiger partial charge on any atom is 0.451 e. The second-order valence-corrected chi connectivity index (χ2v) is 8.00. The van der Waals surface area contributed by atoms with Gasteiger partial charge in [0.25, 0.3) is 0 Å². The van der Waals surface area contributed by atoms with Gasteiger partial charge in [-0.2, -0.15) is 13.2 Å². The number of aromatic nitrogens is 3. The third-order valence-corrected chi connectivity index (χ3v) is 5.62. The summed E-state index contributed by atoms with van der Waals surface area (Å²) < 4.78 is 39.6. The number of halogens is 3. The molecule has 2 heterocycles. The minimum atomic E-state index is -4.70. The number of fused-ring (bicyclic) bond motifs is 1. The van der Waals surface area contributed by atoms with Crippen LogP contribution in [0.3, 0.4) is 0 Å². The fourth-order valence-electron chi connectivity index (χ4n) is 3.21. The van der Waals surface area contributed by atoms with E-state index in [2.05, 4.69) is 15.0 Å². The first kappa shape index (κ1) is 21.0. The van der Waals surface area contributed by atoms with Crippen LogP contribution in [0.25, 0.3) is 10.9 Å². The van der Waals surface area contributed by atoms with E-state index < -0.39 is 17.3 Å². The molecule has 0 fully saturated rings. The molecule has 1 N–H and O–H groups in total. The topological polar surface area (TPSA) is 75.7 Å². The van der Waals surface area contributed by atoms with Crippen LogP contribution in [0.15, 0.2) is 29.3 Å². The molecule has 0 aliphatic carbocycles. The van der Waals surface area contributed by atoms with Crippen LogP contribution in [0.2, 0.25) is 0 Å². The third-order valence-electron chi connectivity index (χ3n) is 4.52. The van der Waals surface area contributed by atoms with Crippen LogP contribution < -0.4 is 0 Å². The molecule has 1 atom stereocenters. The number of carbonyl (C=O) groups is 2. The smallest absolute Gasteiger partial charge is 0.355 e. The minimum Gasteiger partial charge on any atom is -0.355 e. The molecule has 0 spiro atoms. The zero-order valence-electron chi connectivity index (χ0n) is 16.1. The molecule has 9 heteroatoms. The Morgan fingerprint density at radius 2 is 1.79 bits per heavy atom. The van der Waals surface area contributed by atoms with Gasteiger partial charge in [0.05, 0.1) is 16.5 Å². The number of para-hydroxylation sites is 1. The van der Waals surface area contributed by atoms with E-state index in [0.717, 1.165) is 11.8 Å². The number of benzene rings is 1. The summed E-state index contributed by atoms with van der Waals surface area (Å²) in [6, 6.07) is 6.35. The van der Waals surface area contributed by atoms with Crippen LogP contribution in [0.4, 0.5) is 13.2 Å². The molecular weight excluding hydrogens is 403 g/mol. The Bertz CT molecular complexity index is 1120. The molecule has 0 unspecified atom stereocenters. The largest absolute Gasteiger partial charge is 0.451 e. The van der Waals surface area contributed by atoms with Crippen LogP contribution in [0.5, 0.6) is 0 Å². The van der Waals surface area contributed by atoms with Crippen molar-refractivity contribution in [3.05, 3.63) is 52.6 Å².